The van der Waals surface area contributed by atoms with Crippen LogP contribution in [0.3, 0.4) is 0 Å². The van der Waals surface area contributed by atoms with Gasteiger partial charge >= 0.3 is 6.36 Å². The second-order valence-electron chi connectivity index (χ2n) is 1.90. The minimum absolute atomic E-state index is 0.329. The zero-order valence-electron chi connectivity index (χ0n) is 5.67. The van der Waals surface area contributed by atoms with E-state index in [0.717, 1.165) is 18.3 Å². The maximum Gasteiger partial charge on any atom is 0.574 e. The lowest BCUT2D eigenvalue weighted by Gasteiger charge is -2.06. The number of hydrogen-bond acceptors (Lipinski definition) is 3. The van der Waals surface area contributed by atoms with Crippen molar-refractivity contribution in [3.05, 3.63) is 18.3 Å². The molecule has 6 heteroatoms. The molecule has 0 radical (unpaired) electrons. The number of aromatic nitrogens is 1. The molecular weight excluding hydrogens is 175 g/mol. The molecule has 0 amide bonds. The van der Waals surface area contributed by atoms with Crippen LogP contribution in [0.4, 0.5) is 13.2 Å². The Labute approximate surface area is 65.4 Å². The van der Waals surface area contributed by atoms with Gasteiger partial charge in [-0.1, -0.05) is 0 Å². The Balaban J connectivity index is 2.77. The largest absolute Gasteiger partial charge is 0.574 e. The molecule has 12 heavy (non-hydrogen) atoms. The van der Waals surface area contributed by atoms with Crippen molar-refractivity contribution in [3.63, 3.8) is 0 Å². The second-order valence-corrected chi connectivity index (χ2v) is 1.90. The summed E-state index contributed by atoms with van der Waals surface area (Å²) < 4.78 is 38.0. The summed E-state index contributed by atoms with van der Waals surface area (Å²) >= 11 is 0. The smallest absolute Gasteiger partial charge is 0.508 e. The molecule has 1 aromatic heterocycles. The van der Waals surface area contributed by atoms with Gasteiger partial charge in [0, 0.05) is 12.3 Å². The fourth-order valence-electron chi connectivity index (χ4n) is 0.573. The molecule has 1 heterocycles. The summed E-state index contributed by atoms with van der Waals surface area (Å²) in [6.07, 6.45) is -3.77. The first-order chi connectivity index (χ1) is 5.47. The van der Waals surface area contributed by atoms with Gasteiger partial charge in [0.1, 0.15) is 5.75 Å². The average molecular weight is 179 g/mol. The Bertz CT molecular complexity index is 274. The minimum atomic E-state index is -4.78. The van der Waals surface area contributed by atoms with Crippen LogP contribution in [0.25, 0.3) is 0 Å². The Morgan fingerprint density at radius 2 is 2.08 bits per heavy atom. The third kappa shape index (κ3) is 2.65. The quantitative estimate of drug-likeness (QED) is 0.713. The van der Waals surface area contributed by atoms with Crippen LogP contribution in [-0.2, 0) is 0 Å². The summed E-state index contributed by atoms with van der Waals surface area (Å²) in [5.41, 5.74) is 0. The van der Waals surface area contributed by atoms with Crippen molar-refractivity contribution in [2.24, 2.45) is 0 Å². The molecule has 66 valence electrons. The van der Waals surface area contributed by atoms with Crippen LogP contribution >= 0.6 is 0 Å². The highest BCUT2D eigenvalue weighted by Gasteiger charge is 2.31. The Hall–Kier alpha value is -1.46. The molecule has 0 fully saturated rings. The van der Waals surface area contributed by atoms with Crippen LogP contribution in [-0.4, -0.2) is 16.5 Å². The fraction of sp³-hybridized carbons (Fsp3) is 0.167. The SMILES string of the molecule is Oc1ccnc(OC(F)(F)F)c1. The molecule has 0 saturated heterocycles. The maximum atomic E-state index is 11.5. The van der Waals surface area contributed by atoms with Crippen LogP contribution in [0.15, 0.2) is 18.3 Å². The van der Waals surface area contributed by atoms with Gasteiger partial charge in [0.15, 0.2) is 0 Å². The molecule has 0 bridgehead atoms. The summed E-state index contributed by atoms with van der Waals surface area (Å²) in [5, 5.41) is 8.72. The fourth-order valence-corrected chi connectivity index (χ4v) is 0.573. The molecule has 0 spiro atoms. The van der Waals surface area contributed by atoms with Crippen molar-refractivity contribution < 1.29 is 23.0 Å². The van der Waals surface area contributed by atoms with Crippen molar-refractivity contribution in [2.45, 2.75) is 6.36 Å². The monoisotopic (exact) mass is 179 g/mol. The second kappa shape index (κ2) is 2.88. The molecule has 0 unspecified atom stereocenters. The lowest BCUT2D eigenvalue weighted by molar-refractivity contribution is -0.276. The third-order valence-electron chi connectivity index (χ3n) is 0.939. The predicted octanol–water partition coefficient (Wildman–Crippen LogP) is 1.69. The number of nitrogens with zero attached hydrogens (tertiary/aromatic N) is 1. The molecule has 1 rings (SSSR count). The standard InChI is InChI=1S/C6H4F3NO2/c7-6(8,9)12-5-3-4(11)1-2-10-5/h1-3H,(H,10,11). The van der Waals surface area contributed by atoms with Gasteiger partial charge in [-0.15, -0.1) is 13.2 Å². The van der Waals surface area contributed by atoms with Gasteiger partial charge in [0.05, 0.1) is 0 Å². The summed E-state index contributed by atoms with van der Waals surface area (Å²) in [5.74, 6) is -1.01. The van der Waals surface area contributed by atoms with Crippen LogP contribution in [0, 0.1) is 0 Å². The highest BCUT2D eigenvalue weighted by molar-refractivity contribution is 5.24. The summed E-state index contributed by atoms with van der Waals surface area (Å²) in [7, 11) is 0. The van der Waals surface area contributed by atoms with E-state index >= 15 is 0 Å². The highest BCUT2D eigenvalue weighted by atomic mass is 19.4. The predicted molar refractivity (Wildman–Crippen MR) is 32.6 cm³/mol. The van der Waals surface area contributed by atoms with Gasteiger partial charge in [-0.05, 0) is 6.07 Å². The van der Waals surface area contributed by atoms with E-state index in [9.17, 15) is 13.2 Å². The van der Waals surface area contributed by atoms with E-state index in [2.05, 4.69) is 9.72 Å². The van der Waals surface area contributed by atoms with E-state index in [-0.39, 0.29) is 5.75 Å². The molecule has 0 atom stereocenters. The number of aromatic hydroxyl groups is 1. The zero-order valence-corrected chi connectivity index (χ0v) is 5.67. The lowest BCUT2D eigenvalue weighted by Crippen LogP contribution is -2.17. The molecule has 1 N–H and O–H groups in total. The molecule has 0 aliphatic carbocycles. The molecule has 0 aliphatic heterocycles. The Morgan fingerprint density at radius 1 is 1.42 bits per heavy atom. The van der Waals surface area contributed by atoms with Gasteiger partial charge in [0.25, 0.3) is 0 Å². The lowest BCUT2D eigenvalue weighted by atomic mass is 10.4. The third-order valence-corrected chi connectivity index (χ3v) is 0.939. The molecule has 0 aliphatic rings. The van der Waals surface area contributed by atoms with E-state index in [1.165, 1.54) is 0 Å². The van der Waals surface area contributed by atoms with Gasteiger partial charge in [-0.25, -0.2) is 4.98 Å². The molecule has 0 saturated carbocycles. The number of alkyl halides is 3. The first-order valence-corrected chi connectivity index (χ1v) is 2.88. The highest BCUT2D eigenvalue weighted by Crippen LogP contribution is 2.22. The van der Waals surface area contributed by atoms with E-state index in [4.69, 9.17) is 5.11 Å². The van der Waals surface area contributed by atoms with Crippen molar-refractivity contribution in [1.82, 2.24) is 4.98 Å². The Kier molecular flexibility index (Phi) is 2.07. The molecule has 0 aromatic carbocycles. The van der Waals surface area contributed by atoms with Crippen molar-refractivity contribution in [3.8, 4) is 11.6 Å². The number of hydrogen-bond donors (Lipinski definition) is 1. The van der Waals surface area contributed by atoms with Gasteiger partial charge in [-0.2, -0.15) is 0 Å². The summed E-state index contributed by atoms with van der Waals surface area (Å²) in [6.45, 7) is 0. The van der Waals surface area contributed by atoms with E-state index in [0.29, 0.717) is 0 Å². The maximum absolute atomic E-state index is 11.5. The van der Waals surface area contributed by atoms with Gasteiger partial charge in [0.2, 0.25) is 5.88 Å². The van der Waals surface area contributed by atoms with E-state index in [1.54, 1.807) is 0 Å². The van der Waals surface area contributed by atoms with E-state index < -0.39 is 12.2 Å². The van der Waals surface area contributed by atoms with Gasteiger partial charge in [-0.3, -0.25) is 0 Å². The Morgan fingerprint density at radius 3 is 2.58 bits per heavy atom. The van der Waals surface area contributed by atoms with Gasteiger partial charge < -0.3 is 9.84 Å². The zero-order chi connectivity index (χ0) is 9.19. The summed E-state index contributed by atoms with van der Waals surface area (Å²) in [6, 6.07) is 1.91. The van der Waals surface area contributed by atoms with Crippen LogP contribution in [0.2, 0.25) is 0 Å². The van der Waals surface area contributed by atoms with Crippen molar-refractivity contribution in [1.29, 1.82) is 0 Å². The van der Waals surface area contributed by atoms with E-state index in [1.807, 2.05) is 0 Å². The van der Waals surface area contributed by atoms with Crippen molar-refractivity contribution in [2.75, 3.05) is 0 Å². The summed E-state index contributed by atoms with van der Waals surface area (Å²) in [4.78, 5) is 3.22. The van der Waals surface area contributed by atoms with Crippen molar-refractivity contribution >= 4 is 0 Å². The molecular formula is C6H4F3NO2. The average Bonchev–Trinajstić information content (AvgIpc) is 1.82. The minimum Gasteiger partial charge on any atom is -0.508 e. The topological polar surface area (TPSA) is 42.4 Å². The number of halogens is 3. The molecule has 1 aromatic rings. The number of pyridine rings is 1. The van der Waals surface area contributed by atoms with Crippen LogP contribution in [0.1, 0.15) is 0 Å². The molecule has 3 nitrogen and oxygen atoms in total. The first-order valence-electron chi connectivity index (χ1n) is 2.88. The van der Waals surface area contributed by atoms with Crippen LogP contribution in [0.5, 0.6) is 11.6 Å². The first kappa shape index (κ1) is 8.63. The normalized spacial score (nSPS) is 11.2. The van der Waals surface area contributed by atoms with Crippen LogP contribution < -0.4 is 4.74 Å². The number of rotatable bonds is 1. The number of ether oxygens (including phenoxy) is 1.